The van der Waals surface area contributed by atoms with Crippen molar-refractivity contribution in [3.63, 3.8) is 0 Å². The Morgan fingerprint density at radius 2 is 2.11 bits per heavy atom. The maximum atomic E-state index is 12.3. The highest BCUT2D eigenvalue weighted by atomic mass is 19.4. The molecule has 98 valence electrons. The first-order valence-corrected chi connectivity index (χ1v) is 5.36. The van der Waals surface area contributed by atoms with Crippen LogP contribution in [0.15, 0.2) is 18.3 Å². The number of nitrogens with zero attached hydrogens (tertiary/aromatic N) is 1. The molecule has 18 heavy (non-hydrogen) atoms. The Hall–Kier alpha value is -1.63. The van der Waals surface area contributed by atoms with Gasteiger partial charge in [-0.05, 0) is 11.6 Å². The molecular weight excluding hydrogens is 249 g/mol. The van der Waals surface area contributed by atoms with Crippen LogP contribution in [0.3, 0.4) is 0 Å². The van der Waals surface area contributed by atoms with Crippen molar-refractivity contribution in [3.8, 4) is 0 Å². The minimum atomic E-state index is -4.47. The summed E-state index contributed by atoms with van der Waals surface area (Å²) in [7, 11) is 0. The Morgan fingerprint density at radius 3 is 2.61 bits per heavy atom. The van der Waals surface area contributed by atoms with E-state index in [0.717, 1.165) is 12.3 Å². The van der Waals surface area contributed by atoms with Crippen LogP contribution in [0.1, 0.15) is 17.2 Å². The van der Waals surface area contributed by atoms with Gasteiger partial charge in [0.2, 0.25) is 0 Å². The minimum absolute atomic E-state index is 0.320. The molecule has 1 aromatic rings. The second-order valence-electron chi connectivity index (χ2n) is 4.18. The normalized spacial score (nSPS) is 24.2. The fraction of sp³-hybridized carbons (Fsp3) is 0.455. The molecule has 0 aliphatic carbocycles. The molecule has 0 bridgehead atoms. The highest BCUT2D eigenvalue weighted by Crippen LogP contribution is 2.31. The summed E-state index contributed by atoms with van der Waals surface area (Å²) in [5, 5.41) is 11.9. The van der Waals surface area contributed by atoms with E-state index in [1.807, 2.05) is 0 Å². The van der Waals surface area contributed by atoms with Gasteiger partial charge in [-0.1, -0.05) is 6.07 Å². The Labute approximate surface area is 101 Å². The van der Waals surface area contributed by atoms with E-state index in [2.05, 4.69) is 10.3 Å². The van der Waals surface area contributed by atoms with Gasteiger partial charge in [0.1, 0.15) is 5.69 Å². The average molecular weight is 260 g/mol. The molecule has 2 N–H and O–H groups in total. The van der Waals surface area contributed by atoms with Gasteiger partial charge in [0.05, 0.1) is 5.92 Å². The van der Waals surface area contributed by atoms with Crippen LogP contribution in [0.5, 0.6) is 0 Å². The van der Waals surface area contributed by atoms with Crippen LogP contribution in [0.4, 0.5) is 13.2 Å². The van der Waals surface area contributed by atoms with Gasteiger partial charge in [-0.3, -0.25) is 9.78 Å². The number of carboxylic acids is 1. The third-order valence-corrected chi connectivity index (χ3v) is 3.04. The molecule has 7 heteroatoms. The van der Waals surface area contributed by atoms with Gasteiger partial charge in [-0.25, -0.2) is 0 Å². The van der Waals surface area contributed by atoms with Crippen LogP contribution in [-0.2, 0) is 11.0 Å². The maximum Gasteiger partial charge on any atom is 0.433 e. The van der Waals surface area contributed by atoms with E-state index in [1.54, 1.807) is 0 Å². The van der Waals surface area contributed by atoms with E-state index in [1.165, 1.54) is 6.07 Å². The molecule has 0 aromatic carbocycles. The van der Waals surface area contributed by atoms with Gasteiger partial charge in [-0.2, -0.15) is 13.2 Å². The molecule has 2 unspecified atom stereocenters. The van der Waals surface area contributed by atoms with Crippen molar-refractivity contribution in [1.82, 2.24) is 10.3 Å². The summed E-state index contributed by atoms with van der Waals surface area (Å²) < 4.78 is 37.0. The average Bonchev–Trinajstić information content (AvgIpc) is 2.77. The van der Waals surface area contributed by atoms with Crippen molar-refractivity contribution in [2.75, 3.05) is 13.1 Å². The summed E-state index contributed by atoms with van der Waals surface area (Å²) in [6, 6.07) is 2.18. The monoisotopic (exact) mass is 260 g/mol. The predicted octanol–water partition coefficient (Wildman–Crippen LogP) is 1.49. The predicted molar refractivity (Wildman–Crippen MR) is 56.0 cm³/mol. The molecule has 2 rings (SSSR count). The van der Waals surface area contributed by atoms with E-state index < -0.39 is 23.8 Å². The van der Waals surface area contributed by atoms with Crippen LogP contribution >= 0.6 is 0 Å². The molecule has 0 saturated carbocycles. The van der Waals surface area contributed by atoms with Crippen molar-refractivity contribution < 1.29 is 23.1 Å². The van der Waals surface area contributed by atoms with Crippen molar-refractivity contribution in [3.05, 3.63) is 29.6 Å². The number of hydrogen-bond donors (Lipinski definition) is 2. The maximum absolute atomic E-state index is 12.3. The lowest BCUT2D eigenvalue weighted by molar-refractivity contribution is -0.142. The second kappa shape index (κ2) is 4.56. The van der Waals surface area contributed by atoms with Crippen molar-refractivity contribution >= 4 is 5.97 Å². The van der Waals surface area contributed by atoms with E-state index in [-0.39, 0.29) is 5.92 Å². The topological polar surface area (TPSA) is 62.2 Å². The van der Waals surface area contributed by atoms with Gasteiger partial charge < -0.3 is 10.4 Å². The van der Waals surface area contributed by atoms with Crippen LogP contribution in [0, 0.1) is 5.92 Å². The van der Waals surface area contributed by atoms with E-state index >= 15 is 0 Å². The summed E-state index contributed by atoms with van der Waals surface area (Å²) in [6.45, 7) is 0.755. The highest BCUT2D eigenvalue weighted by Gasteiger charge is 2.36. The Bertz CT molecular complexity index is 445. The largest absolute Gasteiger partial charge is 0.481 e. The van der Waals surface area contributed by atoms with Gasteiger partial charge in [-0.15, -0.1) is 0 Å². The molecule has 0 radical (unpaired) electrons. The van der Waals surface area contributed by atoms with Crippen LogP contribution in [0.2, 0.25) is 0 Å². The Morgan fingerprint density at radius 1 is 1.39 bits per heavy atom. The summed E-state index contributed by atoms with van der Waals surface area (Å²) in [6.07, 6.45) is -3.37. The van der Waals surface area contributed by atoms with Gasteiger partial charge in [0.25, 0.3) is 0 Å². The van der Waals surface area contributed by atoms with Gasteiger partial charge in [0, 0.05) is 25.2 Å². The van der Waals surface area contributed by atoms with Gasteiger partial charge >= 0.3 is 12.1 Å². The third kappa shape index (κ3) is 2.45. The first-order valence-electron chi connectivity index (χ1n) is 5.36. The first kappa shape index (κ1) is 12.8. The minimum Gasteiger partial charge on any atom is -0.481 e. The molecule has 2 heterocycles. The first-order chi connectivity index (χ1) is 8.39. The number of rotatable bonds is 2. The number of halogens is 3. The fourth-order valence-electron chi connectivity index (χ4n) is 2.08. The molecule has 1 saturated heterocycles. The quantitative estimate of drug-likeness (QED) is 0.845. The third-order valence-electron chi connectivity index (χ3n) is 3.04. The SMILES string of the molecule is O=C(O)C1CNCC1c1ccc(C(F)(F)F)nc1. The molecule has 1 fully saturated rings. The van der Waals surface area contributed by atoms with E-state index in [0.29, 0.717) is 18.7 Å². The lowest BCUT2D eigenvalue weighted by Crippen LogP contribution is -2.21. The summed E-state index contributed by atoms with van der Waals surface area (Å²) >= 11 is 0. The zero-order valence-corrected chi connectivity index (χ0v) is 9.24. The lowest BCUT2D eigenvalue weighted by atomic mass is 9.90. The van der Waals surface area contributed by atoms with Gasteiger partial charge in [0.15, 0.2) is 0 Å². The molecule has 4 nitrogen and oxygen atoms in total. The highest BCUT2D eigenvalue weighted by molar-refractivity contribution is 5.72. The number of alkyl halides is 3. The molecular formula is C11H11F3N2O2. The standard InChI is InChI=1S/C11H11F3N2O2/c12-11(13,14)9-2-1-6(3-16-9)7-4-15-5-8(7)10(17)18/h1-3,7-8,15H,4-5H2,(H,17,18). The van der Waals surface area contributed by atoms with Crippen LogP contribution in [0.25, 0.3) is 0 Å². The number of aliphatic carboxylic acids is 1. The molecule has 1 aliphatic heterocycles. The molecule has 1 aromatic heterocycles. The number of nitrogens with one attached hydrogen (secondary N) is 1. The molecule has 1 aliphatic rings. The summed E-state index contributed by atoms with van der Waals surface area (Å²) in [4.78, 5) is 14.3. The number of carbonyl (C=O) groups is 1. The van der Waals surface area contributed by atoms with Crippen molar-refractivity contribution in [2.45, 2.75) is 12.1 Å². The lowest BCUT2D eigenvalue weighted by Gasteiger charge is -2.15. The van der Waals surface area contributed by atoms with E-state index in [9.17, 15) is 18.0 Å². The smallest absolute Gasteiger partial charge is 0.433 e. The Kier molecular flexibility index (Phi) is 3.25. The zero-order valence-electron chi connectivity index (χ0n) is 9.24. The number of aromatic nitrogens is 1. The fourth-order valence-corrected chi connectivity index (χ4v) is 2.08. The zero-order chi connectivity index (χ0) is 13.3. The number of pyridine rings is 1. The van der Waals surface area contributed by atoms with Crippen molar-refractivity contribution in [2.24, 2.45) is 5.92 Å². The Balaban J connectivity index is 2.22. The van der Waals surface area contributed by atoms with Crippen molar-refractivity contribution in [1.29, 1.82) is 0 Å². The molecule has 0 spiro atoms. The number of carboxylic acid groups (broad SMARTS) is 1. The second-order valence-corrected chi connectivity index (χ2v) is 4.18. The molecule has 0 amide bonds. The summed E-state index contributed by atoms with van der Waals surface area (Å²) in [5.41, 5.74) is -0.454. The molecule has 2 atom stereocenters. The number of hydrogen-bond acceptors (Lipinski definition) is 3. The van der Waals surface area contributed by atoms with Crippen LogP contribution < -0.4 is 5.32 Å². The van der Waals surface area contributed by atoms with E-state index in [4.69, 9.17) is 5.11 Å². The van der Waals surface area contributed by atoms with Crippen LogP contribution in [-0.4, -0.2) is 29.1 Å². The summed E-state index contributed by atoms with van der Waals surface area (Å²) in [5.74, 6) is -1.91.